The number of hydrogen-bond donors (Lipinski definition) is 3. The van der Waals surface area contributed by atoms with Gasteiger partial charge in [0.2, 0.25) is 0 Å². The summed E-state index contributed by atoms with van der Waals surface area (Å²) in [6, 6.07) is 8.06. The maximum Gasteiger partial charge on any atom is 0.320 e. The Hall–Kier alpha value is -3.60. The number of anilines is 4. The monoisotopic (exact) mass is 481 g/mol. The Balaban J connectivity index is 1.53. The summed E-state index contributed by atoms with van der Waals surface area (Å²) in [6.07, 6.45) is 3.49. The number of nitrogens with one attached hydrogen (secondary N) is 2. The summed E-state index contributed by atoms with van der Waals surface area (Å²) in [6.45, 7) is 8.78. The first kappa shape index (κ1) is 24.5. The van der Waals surface area contributed by atoms with E-state index in [1.807, 2.05) is 36.2 Å². The number of carbonyl (C=O) groups excluding carboxylic acids is 2. The lowest BCUT2D eigenvalue weighted by Crippen LogP contribution is -2.49. The van der Waals surface area contributed by atoms with Crippen LogP contribution in [-0.4, -0.2) is 84.1 Å². The molecule has 2 aliphatic heterocycles. The standard InChI is InChI=1S/C24H35N9O2/c1-4-27-33(5-2)18-10-8-17(9-11-18)28-23-21(22(25)34)26-15-20(29-23)31-12-6-7-19(16-31)32-14-13-30(3)24(32)35/h8-11,15,19,27H,4-7,12-14,16H2,1-3H3,(H2,25,34)(H,28,29)/t19-/m1/s1. The normalized spacial score (nSPS) is 18.2. The number of rotatable bonds is 9. The first-order chi connectivity index (χ1) is 16.9. The van der Waals surface area contributed by atoms with Gasteiger partial charge in [-0.2, -0.15) is 0 Å². The third-order valence-corrected chi connectivity index (χ3v) is 6.51. The maximum absolute atomic E-state index is 12.5. The number of benzene rings is 1. The smallest absolute Gasteiger partial charge is 0.320 e. The number of carbonyl (C=O) groups is 2. The van der Waals surface area contributed by atoms with Crippen molar-refractivity contribution in [2.75, 3.05) is 61.5 Å². The van der Waals surface area contributed by atoms with E-state index in [2.05, 4.69) is 39.5 Å². The third-order valence-electron chi connectivity index (χ3n) is 6.51. The minimum absolute atomic E-state index is 0.0774. The molecule has 1 aromatic heterocycles. The molecule has 2 aromatic rings. The number of piperidine rings is 1. The van der Waals surface area contributed by atoms with Gasteiger partial charge in [-0.3, -0.25) is 4.79 Å². The Morgan fingerprint density at radius 2 is 1.97 bits per heavy atom. The second-order valence-corrected chi connectivity index (χ2v) is 8.86. The van der Waals surface area contributed by atoms with Crippen LogP contribution in [0.5, 0.6) is 0 Å². The largest absolute Gasteiger partial charge is 0.364 e. The maximum atomic E-state index is 12.5. The lowest BCUT2D eigenvalue weighted by Gasteiger charge is -2.37. The summed E-state index contributed by atoms with van der Waals surface area (Å²) in [5, 5.41) is 5.28. The number of urea groups is 1. The van der Waals surface area contributed by atoms with Gasteiger partial charge >= 0.3 is 6.03 Å². The fraction of sp³-hybridized carbons (Fsp3) is 0.500. The van der Waals surface area contributed by atoms with Crippen molar-refractivity contribution in [1.82, 2.24) is 25.2 Å². The summed E-state index contributed by atoms with van der Waals surface area (Å²) in [5.74, 6) is 0.332. The Kier molecular flexibility index (Phi) is 7.54. The van der Waals surface area contributed by atoms with Crippen LogP contribution in [0.25, 0.3) is 0 Å². The summed E-state index contributed by atoms with van der Waals surface area (Å²) in [7, 11) is 1.83. The highest BCUT2D eigenvalue weighted by Crippen LogP contribution is 2.26. The van der Waals surface area contributed by atoms with Crippen LogP contribution < -0.4 is 26.4 Å². The minimum Gasteiger partial charge on any atom is -0.364 e. The van der Waals surface area contributed by atoms with Gasteiger partial charge in [0.05, 0.1) is 17.9 Å². The van der Waals surface area contributed by atoms with Gasteiger partial charge in [0.15, 0.2) is 11.5 Å². The molecule has 11 nitrogen and oxygen atoms in total. The first-order valence-electron chi connectivity index (χ1n) is 12.2. The lowest BCUT2D eigenvalue weighted by atomic mass is 10.0. The SMILES string of the molecule is CCNN(CC)c1ccc(Nc2nc(N3CCC[C@@H](N4CCN(C)C4=O)C3)cnc2C(N)=O)cc1. The van der Waals surface area contributed by atoms with E-state index in [9.17, 15) is 9.59 Å². The Bertz CT molecular complexity index is 1050. The van der Waals surface area contributed by atoms with Crippen molar-refractivity contribution in [1.29, 1.82) is 0 Å². The van der Waals surface area contributed by atoms with Crippen LogP contribution in [-0.2, 0) is 0 Å². The molecule has 2 saturated heterocycles. The van der Waals surface area contributed by atoms with E-state index >= 15 is 0 Å². The molecule has 0 bridgehead atoms. The summed E-state index contributed by atoms with van der Waals surface area (Å²) >= 11 is 0. The zero-order valence-electron chi connectivity index (χ0n) is 20.7. The molecular weight excluding hydrogens is 446 g/mol. The lowest BCUT2D eigenvalue weighted by molar-refractivity contribution is 0.0996. The van der Waals surface area contributed by atoms with Crippen LogP contribution in [0.1, 0.15) is 37.2 Å². The fourth-order valence-electron chi connectivity index (χ4n) is 4.66. The topological polar surface area (TPSA) is 123 Å². The number of hydrazine groups is 1. The molecule has 1 aromatic carbocycles. The van der Waals surface area contributed by atoms with Crippen molar-refractivity contribution in [3.05, 3.63) is 36.2 Å². The molecule has 4 rings (SSSR count). The Morgan fingerprint density at radius 1 is 1.20 bits per heavy atom. The molecule has 0 unspecified atom stereocenters. The van der Waals surface area contributed by atoms with Gasteiger partial charge in [-0.1, -0.05) is 6.92 Å². The molecule has 4 N–H and O–H groups in total. The van der Waals surface area contributed by atoms with E-state index in [0.717, 1.165) is 56.9 Å². The van der Waals surface area contributed by atoms with E-state index < -0.39 is 5.91 Å². The molecule has 3 amide bonds. The molecule has 2 fully saturated rings. The minimum atomic E-state index is -0.644. The van der Waals surface area contributed by atoms with Crippen LogP contribution >= 0.6 is 0 Å². The number of aromatic nitrogens is 2. The van der Waals surface area contributed by atoms with Gasteiger partial charge in [0.1, 0.15) is 5.82 Å². The number of nitrogens with zero attached hydrogens (tertiary/aromatic N) is 6. The average molecular weight is 482 g/mol. The van der Waals surface area contributed by atoms with Crippen LogP contribution in [0.4, 0.5) is 27.8 Å². The molecule has 0 aliphatic carbocycles. The Labute approximate surface area is 206 Å². The summed E-state index contributed by atoms with van der Waals surface area (Å²) in [4.78, 5) is 39.4. The highest BCUT2D eigenvalue weighted by molar-refractivity contribution is 5.96. The highest BCUT2D eigenvalue weighted by Gasteiger charge is 2.34. The van der Waals surface area contributed by atoms with E-state index in [-0.39, 0.29) is 17.8 Å². The number of hydrogen-bond acceptors (Lipinski definition) is 8. The van der Waals surface area contributed by atoms with E-state index in [4.69, 9.17) is 10.7 Å². The van der Waals surface area contributed by atoms with E-state index in [0.29, 0.717) is 18.2 Å². The highest BCUT2D eigenvalue weighted by atomic mass is 16.2. The van der Waals surface area contributed by atoms with Crippen molar-refractivity contribution >= 4 is 34.9 Å². The number of likely N-dealkylation sites (N-methyl/N-ethyl adjacent to an activating group) is 1. The second-order valence-electron chi connectivity index (χ2n) is 8.86. The Morgan fingerprint density at radius 3 is 2.60 bits per heavy atom. The molecule has 188 valence electrons. The number of primary amides is 1. The van der Waals surface area contributed by atoms with Crippen LogP contribution in [0.15, 0.2) is 30.5 Å². The molecule has 11 heteroatoms. The molecular formula is C24H35N9O2. The van der Waals surface area contributed by atoms with Gasteiger partial charge in [0.25, 0.3) is 5.91 Å². The van der Waals surface area contributed by atoms with Crippen LogP contribution in [0.2, 0.25) is 0 Å². The van der Waals surface area contributed by atoms with Gasteiger partial charge in [-0.15, -0.1) is 0 Å². The molecule has 0 spiro atoms. The number of amides is 3. The summed E-state index contributed by atoms with van der Waals surface area (Å²) in [5.41, 5.74) is 10.8. The van der Waals surface area contributed by atoms with E-state index in [1.54, 1.807) is 11.1 Å². The van der Waals surface area contributed by atoms with Gasteiger partial charge < -0.3 is 30.8 Å². The van der Waals surface area contributed by atoms with Crippen LogP contribution in [0.3, 0.4) is 0 Å². The molecule has 35 heavy (non-hydrogen) atoms. The van der Waals surface area contributed by atoms with Crippen molar-refractivity contribution in [2.24, 2.45) is 5.73 Å². The zero-order valence-corrected chi connectivity index (χ0v) is 20.7. The van der Waals surface area contributed by atoms with Crippen LogP contribution in [0, 0.1) is 0 Å². The molecule has 3 heterocycles. The van der Waals surface area contributed by atoms with E-state index in [1.165, 1.54) is 0 Å². The molecule has 2 aliphatic rings. The fourth-order valence-corrected chi connectivity index (χ4v) is 4.66. The molecule has 1 atom stereocenters. The third kappa shape index (κ3) is 5.40. The van der Waals surface area contributed by atoms with Gasteiger partial charge in [-0.05, 0) is 44.0 Å². The van der Waals surface area contributed by atoms with Crippen molar-refractivity contribution in [3.63, 3.8) is 0 Å². The summed E-state index contributed by atoms with van der Waals surface area (Å²) < 4.78 is 0. The van der Waals surface area contributed by atoms with Crippen molar-refractivity contribution in [3.8, 4) is 0 Å². The predicted molar refractivity (Wildman–Crippen MR) is 137 cm³/mol. The van der Waals surface area contributed by atoms with Crippen molar-refractivity contribution in [2.45, 2.75) is 32.7 Å². The quantitative estimate of drug-likeness (QED) is 0.465. The second kappa shape index (κ2) is 10.8. The number of nitrogens with two attached hydrogens (primary N) is 1. The first-order valence-corrected chi connectivity index (χ1v) is 12.2. The zero-order chi connectivity index (χ0) is 24.9. The molecule has 0 radical (unpaired) electrons. The van der Waals surface area contributed by atoms with Gasteiger partial charge in [-0.25, -0.2) is 20.2 Å². The van der Waals surface area contributed by atoms with Gasteiger partial charge in [0, 0.05) is 52.0 Å². The molecule has 0 saturated carbocycles. The predicted octanol–water partition coefficient (Wildman–Crippen LogP) is 2.01. The van der Waals surface area contributed by atoms with Crippen molar-refractivity contribution < 1.29 is 9.59 Å². The average Bonchev–Trinajstić information content (AvgIpc) is 3.21.